The first-order chi connectivity index (χ1) is 8.35. The zero-order valence-electron chi connectivity index (χ0n) is 10.8. The lowest BCUT2D eigenvalue weighted by molar-refractivity contribution is -0.680. The van der Waals surface area contributed by atoms with Crippen LogP contribution in [0.3, 0.4) is 0 Å². The Morgan fingerprint density at radius 2 is 1.89 bits per heavy atom. The van der Waals surface area contributed by atoms with Gasteiger partial charge >= 0.3 is 5.82 Å². The first-order valence-corrected chi connectivity index (χ1v) is 6.03. The molecule has 3 nitrogen and oxygen atoms in total. The molecule has 2 heterocycles. The molecule has 2 rings (SSSR count). The second kappa shape index (κ2) is 7.31. The second-order valence-corrected chi connectivity index (χ2v) is 3.80. The number of aryl methyl sites for hydroxylation is 2. The molecule has 0 N–H and O–H groups in total. The van der Waals surface area contributed by atoms with E-state index in [4.69, 9.17) is 4.99 Å². The van der Waals surface area contributed by atoms with Crippen LogP contribution in [0.4, 0.5) is 5.82 Å². The molecule has 2 aromatic rings. The zero-order valence-corrected chi connectivity index (χ0v) is 13.1. The molecule has 0 aliphatic carbocycles. The smallest absolute Gasteiger partial charge is 0.313 e. The minimum atomic E-state index is 0. The third-order valence-corrected chi connectivity index (χ3v) is 2.74. The Balaban J connectivity index is 0.00000162. The van der Waals surface area contributed by atoms with Gasteiger partial charge in [-0.1, -0.05) is 12.1 Å². The van der Waals surface area contributed by atoms with Crippen LogP contribution < -0.4 is 10.1 Å². The largest absolute Gasteiger partial charge is 0.325 e. The van der Waals surface area contributed by atoms with E-state index in [9.17, 15) is 0 Å². The van der Waals surface area contributed by atoms with Crippen LogP contribution in [0.15, 0.2) is 53.8 Å². The molecule has 2 aromatic heterocycles. The zero-order chi connectivity index (χ0) is 12.1. The van der Waals surface area contributed by atoms with E-state index in [1.165, 1.54) is 0 Å². The van der Waals surface area contributed by atoms with E-state index in [1.807, 2.05) is 36.4 Å². The highest BCUT2D eigenvalue weighted by Gasteiger charge is 2.05. The summed E-state index contributed by atoms with van der Waals surface area (Å²) in [7, 11) is 0. The van der Waals surface area contributed by atoms with Gasteiger partial charge in [-0.2, -0.15) is 0 Å². The maximum absolute atomic E-state index is 4.71. The van der Waals surface area contributed by atoms with Crippen LogP contribution in [-0.2, 0) is 13.1 Å². The van der Waals surface area contributed by atoms with E-state index >= 15 is 0 Å². The van der Waals surface area contributed by atoms with Crippen molar-refractivity contribution in [3.05, 3.63) is 54.3 Å². The molecule has 96 valence electrons. The van der Waals surface area contributed by atoms with Gasteiger partial charge in [-0.3, -0.25) is 0 Å². The van der Waals surface area contributed by atoms with E-state index in [-0.39, 0.29) is 24.0 Å². The molecule has 0 amide bonds. The summed E-state index contributed by atoms with van der Waals surface area (Å²) in [6.45, 7) is 6.10. The highest BCUT2D eigenvalue weighted by molar-refractivity contribution is 14.0. The van der Waals surface area contributed by atoms with Crippen molar-refractivity contribution in [1.82, 2.24) is 4.57 Å². The summed E-state index contributed by atoms with van der Waals surface area (Å²) < 4.78 is 4.26. The predicted molar refractivity (Wildman–Crippen MR) is 83.1 cm³/mol. The number of hydrogen-bond acceptors (Lipinski definition) is 1. The highest BCUT2D eigenvalue weighted by atomic mass is 127. The number of rotatable bonds is 3. The van der Waals surface area contributed by atoms with E-state index < -0.39 is 0 Å². The lowest BCUT2D eigenvalue weighted by Crippen LogP contribution is -2.32. The molecule has 0 unspecified atom stereocenters. The minimum absolute atomic E-state index is 0. The Bertz CT molecular complexity index is 561. The predicted octanol–water partition coefficient (Wildman–Crippen LogP) is 2.67. The highest BCUT2D eigenvalue weighted by Crippen LogP contribution is 2.01. The molecule has 0 bridgehead atoms. The Labute approximate surface area is 125 Å². The van der Waals surface area contributed by atoms with Crippen molar-refractivity contribution in [2.24, 2.45) is 4.99 Å². The van der Waals surface area contributed by atoms with Crippen LogP contribution in [0.2, 0.25) is 0 Å². The fourth-order valence-corrected chi connectivity index (χ4v) is 1.79. The van der Waals surface area contributed by atoms with Crippen molar-refractivity contribution in [2.45, 2.75) is 26.9 Å². The van der Waals surface area contributed by atoms with Gasteiger partial charge in [0.1, 0.15) is 0 Å². The van der Waals surface area contributed by atoms with Gasteiger partial charge < -0.3 is 4.57 Å². The van der Waals surface area contributed by atoms with Gasteiger partial charge in [0.25, 0.3) is 0 Å². The standard InChI is InChI=1S/C14H18N3.HI/c1-3-16-11-7-5-9-13(16)15-14-10-6-8-12-17(14)4-2;/h5-12H,3-4H2,1-2H3;1H/q+1;. The van der Waals surface area contributed by atoms with Crippen molar-refractivity contribution >= 4 is 29.8 Å². The Hall–Kier alpha value is -1.17. The van der Waals surface area contributed by atoms with Crippen LogP contribution in [0, 0.1) is 0 Å². The molecule has 4 heteroatoms. The van der Waals surface area contributed by atoms with Gasteiger partial charge in [0, 0.05) is 24.9 Å². The molecule has 0 aromatic carbocycles. The van der Waals surface area contributed by atoms with E-state index in [0.29, 0.717) is 0 Å². The first-order valence-electron chi connectivity index (χ1n) is 6.03. The summed E-state index contributed by atoms with van der Waals surface area (Å²) >= 11 is 0. The van der Waals surface area contributed by atoms with Crippen molar-refractivity contribution in [3.63, 3.8) is 0 Å². The molecular formula is C14H19IN3+. The normalized spacial score (nSPS) is 11.1. The van der Waals surface area contributed by atoms with Crippen molar-refractivity contribution < 1.29 is 4.57 Å². The summed E-state index contributed by atoms with van der Waals surface area (Å²) in [5, 5.41) is 0. The van der Waals surface area contributed by atoms with Crippen LogP contribution in [0.25, 0.3) is 0 Å². The monoisotopic (exact) mass is 356 g/mol. The van der Waals surface area contributed by atoms with Gasteiger partial charge in [0.2, 0.25) is 5.49 Å². The lowest BCUT2D eigenvalue weighted by atomic mass is 10.4. The maximum Gasteiger partial charge on any atom is 0.325 e. The van der Waals surface area contributed by atoms with Gasteiger partial charge in [-0.15, -0.1) is 24.0 Å². The fraction of sp³-hybridized carbons (Fsp3) is 0.286. The quantitative estimate of drug-likeness (QED) is 0.596. The maximum atomic E-state index is 4.71. The van der Waals surface area contributed by atoms with Crippen molar-refractivity contribution in [3.8, 4) is 0 Å². The summed E-state index contributed by atoms with van der Waals surface area (Å²) in [5.74, 6) is 0.989. The Morgan fingerprint density at radius 3 is 2.61 bits per heavy atom. The molecule has 0 atom stereocenters. The second-order valence-electron chi connectivity index (χ2n) is 3.80. The van der Waals surface area contributed by atoms with Crippen LogP contribution in [-0.4, -0.2) is 4.57 Å². The van der Waals surface area contributed by atoms with Crippen LogP contribution in [0.1, 0.15) is 13.8 Å². The lowest BCUT2D eigenvalue weighted by Gasteiger charge is -2.00. The molecule has 0 radical (unpaired) electrons. The minimum Gasteiger partial charge on any atom is -0.313 e. The third kappa shape index (κ3) is 3.41. The molecule has 0 aliphatic heterocycles. The third-order valence-electron chi connectivity index (χ3n) is 2.74. The van der Waals surface area contributed by atoms with E-state index in [2.05, 4.69) is 35.4 Å². The van der Waals surface area contributed by atoms with Gasteiger partial charge in [0.15, 0.2) is 0 Å². The van der Waals surface area contributed by atoms with E-state index in [1.54, 1.807) is 0 Å². The Kier molecular flexibility index (Phi) is 6.04. The summed E-state index contributed by atoms with van der Waals surface area (Å²) in [6, 6.07) is 12.2. The fourth-order valence-electron chi connectivity index (χ4n) is 1.79. The van der Waals surface area contributed by atoms with Crippen LogP contribution >= 0.6 is 24.0 Å². The first kappa shape index (κ1) is 14.9. The molecule has 0 saturated carbocycles. The molecule has 0 fully saturated rings. The summed E-state index contributed by atoms with van der Waals surface area (Å²) in [4.78, 5) is 4.71. The average molecular weight is 356 g/mol. The number of pyridine rings is 2. The van der Waals surface area contributed by atoms with Gasteiger partial charge in [0.05, 0.1) is 12.7 Å². The molecule has 0 aliphatic rings. The molecule has 18 heavy (non-hydrogen) atoms. The van der Waals surface area contributed by atoms with Crippen molar-refractivity contribution in [2.75, 3.05) is 0 Å². The summed E-state index contributed by atoms with van der Waals surface area (Å²) in [6.07, 6.45) is 4.11. The number of nitrogens with zero attached hydrogens (tertiary/aromatic N) is 3. The van der Waals surface area contributed by atoms with Crippen molar-refractivity contribution in [1.29, 1.82) is 0 Å². The average Bonchev–Trinajstić information content (AvgIpc) is 2.40. The van der Waals surface area contributed by atoms with E-state index in [0.717, 1.165) is 24.4 Å². The summed E-state index contributed by atoms with van der Waals surface area (Å²) in [5.41, 5.74) is 0.989. The Morgan fingerprint density at radius 1 is 1.11 bits per heavy atom. The van der Waals surface area contributed by atoms with Gasteiger partial charge in [-0.25, -0.2) is 4.57 Å². The SMILES string of the molecule is CCn1cccc/c1=N\c1cccc[n+]1CC.I. The molecular weight excluding hydrogens is 337 g/mol. The topological polar surface area (TPSA) is 21.2 Å². The number of hydrogen-bond donors (Lipinski definition) is 0. The van der Waals surface area contributed by atoms with Gasteiger partial charge in [-0.05, 0) is 31.0 Å². The molecule has 0 spiro atoms. The van der Waals surface area contributed by atoms with Crippen LogP contribution in [0.5, 0.6) is 0 Å². The number of halogens is 1. The number of aromatic nitrogens is 2. The molecule has 0 saturated heterocycles.